The Morgan fingerprint density at radius 3 is 2.25 bits per heavy atom. The van der Waals surface area contributed by atoms with Gasteiger partial charge in [-0.25, -0.2) is 10.4 Å². The molecular weight excluding hydrogens is 550 g/mol. The third kappa shape index (κ3) is 6.59. The minimum Gasteiger partial charge on any atom is -0.494 e. The van der Waals surface area contributed by atoms with Gasteiger partial charge in [0.15, 0.2) is 11.6 Å². The summed E-state index contributed by atoms with van der Waals surface area (Å²) in [5.74, 6) is 0.841. The van der Waals surface area contributed by atoms with Crippen LogP contribution in [0.5, 0.6) is 5.75 Å². The highest BCUT2D eigenvalue weighted by Crippen LogP contribution is 2.43. The van der Waals surface area contributed by atoms with E-state index in [1.54, 1.807) is 0 Å². The fourth-order valence-electron chi connectivity index (χ4n) is 5.82. The number of aliphatic hydroxyl groups excluding tert-OH is 1. The molecule has 0 saturated heterocycles. The van der Waals surface area contributed by atoms with Gasteiger partial charge in [0.25, 0.3) is 5.91 Å². The Labute approximate surface area is 258 Å². The van der Waals surface area contributed by atoms with Crippen molar-refractivity contribution in [1.29, 1.82) is 0 Å². The quantitative estimate of drug-likeness (QED) is 0.148. The Hall–Kier alpha value is -4.72. The first kappa shape index (κ1) is 29.4. The van der Waals surface area contributed by atoms with E-state index in [1.165, 1.54) is 11.1 Å². The van der Waals surface area contributed by atoms with Crippen molar-refractivity contribution in [1.82, 2.24) is 10.9 Å². The summed E-state index contributed by atoms with van der Waals surface area (Å²) in [7, 11) is 0. The number of aliphatic imine (C=N–C) groups is 1. The Kier molecular flexibility index (Phi) is 9.15. The average Bonchev–Trinajstić information content (AvgIpc) is 3.67. The predicted molar refractivity (Wildman–Crippen MR) is 172 cm³/mol. The highest BCUT2D eigenvalue weighted by atomic mass is 16.5. The molecule has 1 amide bonds. The Morgan fingerprint density at radius 1 is 0.909 bits per heavy atom. The van der Waals surface area contributed by atoms with Gasteiger partial charge in [-0.2, -0.15) is 0 Å². The van der Waals surface area contributed by atoms with E-state index in [0.717, 1.165) is 29.5 Å². The summed E-state index contributed by atoms with van der Waals surface area (Å²) in [6.45, 7) is 0.508. The molecule has 2 atom stereocenters. The number of benzene rings is 4. The number of amides is 1. The first-order valence-electron chi connectivity index (χ1n) is 15.1. The van der Waals surface area contributed by atoms with Gasteiger partial charge in [-0.05, 0) is 59.4 Å². The molecule has 1 heterocycles. The Bertz CT molecular complexity index is 1580. The van der Waals surface area contributed by atoms with Crippen LogP contribution in [0.15, 0.2) is 120 Å². The molecule has 0 radical (unpaired) electrons. The zero-order chi connectivity index (χ0) is 30.2. The van der Waals surface area contributed by atoms with Crippen molar-refractivity contribution in [3.63, 3.8) is 0 Å². The maximum atomic E-state index is 14.4. The first-order valence-corrected chi connectivity index (χ1v) is 15.1. The lowest BCUT2D eigenvalue weighted by atomic mass is 9.84. The molecule has 1 aliphatic carbocycles. The van der Waals surface area contributed by atoms with Gasteiger partial charge in [-0.1, -0.05) is 97.1 Å². The molecule has 1 aliphatic heterocycles. The van der Waals surface area contributed by atoms with Crippen molar-refractivity contribution in [3.05, 3.63) is 143 Å². The molecule has 7 nitrogen and oxygen atoms in total. The van der Waals surface area contributed by atoms with Crippen LogP contribution < -0.4 is 15.6 Å². The van der Waals surface area contributed by atoms with Crippen molar-refractivity contribution in [2.45, 2.75) is 43.4 Å². The number of hydrogen-bond acceptors (Lipinski definition) is 6. The zero-order valence-corrected chi connectivity index (χ0v) is 24.6. The number of aliphatic hydroxyl groups is 1. The van der Waals surface area contributed by atoms with Crippen LogP contribution in [0.1, 0.15) is 46.8 Å². The van der Waals surface area contributed by atoms with Crippen LogP contribution in [0.3, 0.4) is 0 Å². The molecule has 0 spiro atoms. The summed E-state index contributed by atoms with van der Waals surface area (Å²) in [4.78, 5) is 19.5. The average molecular weight is 588 g/mol. The molecule has 2 aliphatic rings. The van der Waals surface area contributed by atoms with E-state index in [2.05, 4.69) is 35.1 Å². The molecule has 0 unspecified atom stereocenters. The number of ether oxygens (including phenoxy) is 2. The SMILES string of the molecule is O=C(NNC1Cc2ccccc2C1)[C@@]1(C/C=C/c2ccccc2)N=C(c2ccc(OCCCO)cc2)O[C@H]1c1ccccc1. The second kappa shape index (κ2) is 13.7. The van der Waals surface area contributed by atoms with Crippen LogP contribution in [-0.4, -0.2) is 41.7 Å². The Balaban J connectivity index is 1.31. The number of hydrogen-bond donors (Lipinski definition) is 3. The number of fused-ring (bicyclic) bond motifs is 1. The van der Waals surface area contributed by atoms with Crippen LogP contribution >= 0.6 is 0 Å². The summed E-state index contributed by atoms with van der Waals surface area (Å²) in [6.07, 6.45) is 5.95. The van der Waals surface area contributed by atoms with Gasteiger partial charge >= 0.3 is 0 Å². The third-order valence-corrected chi connectivity index (χ3v) is 8.11. The van der Waals surface area contributed by atoms with Crippen LogP contribution in [0.2, 0.25) is 0 Å². The van der Waals surface area contributed by atoms with Gasteiger partial charge in [0.2, 0.25) is 5.90 Å². The number of nitrogens with one attached hydrogen (secondary N) is 2. The van der Waals surface area contributed by atoms with Crippen molar-refractivity contribution >= 4 is 17.9 Å². The topological polar surface area (TPSA) is 92.2 Å². The largest absolute Gasteiger partial charge is 0.494 e. The summed E-state index contributed by atoms with van der Waals surface area (Å²) in [5.41, 5.74) is 10.4. The van der Waals surface area contributed by atoms with Crippen molar-refractivity contribution in [3.8, 4) is 5.75 Å². The molecule has 0 saturated carbocycles. The molecule has 0 aromatic heterocycles. The second-order valence-electron chi connectivity index (χ2n) is 11.2. The molecular formula is C37H37N3O4. The number of rotatable bonds is 12. The number of carbonyl (C=O) groups is 1. The van der Waals surface area contributed by atoms with E-state index in [-0.39, 0.29) is 18.6 Å². The third-order valence-electron chi connectivity index (χ3n) is 8.11. The molecule has 4 aromatic rings. The fraction of sp³-hybridized carbons (Fsp3) is 0.243. The number of carbonyl (C=O) groups excluding carboxylic acids is 1. The van der Waals surface area contributed by atoms with Gasteiger partial charge in [0.05, 0.1) is 6.61 Å². The lowest BCUT2D eigenvalue weighted by Gasteiger charge is -2.30. The maximum absolute atomic E-state index is 14.4. The van der Waals surface area contributed by atoms with Crippen LogP contribution in [-0.2, 0) is 22.4 Å². The van der Waals surface area contributed by atoms with Gasteiger partial charge in [0.1, 0.15) is 5.75 Å². The minimum absolute atomic E-state index is 0.0784. The smallest absolute Gasteiger partial charge is 0.266 e. The van der Waals surface area contributed by atoms with Crippen molar-refractivity contribution in [2.24, 2.45) is 4.99 Å². The summed E-state index contributed by atoms with van der Waals surface area (Å²) in [5, 5.41) is 9.06. The van der Waals surface area contributed by atoms with E-state index in [1.807, 2.05) is 97.1 Å². The molecule has 0 fully saturated rings. The lowest BCUT2D eigenvalue weighted by Crippen LogP contribution is -2.55. The minimum atomic E-state index is -1.27. The van der Waals surface area contributed by atoms with Gasteiger partial charge < -0.3 is 14.6 Å². The molecule has 44 heavy (non-hydrogen) atoms. The highest BCUT2D eigenvalue weighted by Gasteiger charge is 2.52. The van der Waals surface area contributed by atoms with Crippen molar-refractivity contribution in [2.75, 3.05) is 13.2 Å². The van der Waals surface area contributed by atoms with Crippen molar-refractivity contribution < 1.29 is 19.4 Å². The van der Waals surface area contributed by atoms with E-state index in [4.69, 9.17) is 19.6 Å². The molecule has 4 aromatic carbocycles. The highest BCUT2D eigenvalue weighted by molar-refractivity contribution is 6.01. The van der Waals surface area contributed by atoms with E-state index >= 15 is 0 Å². The molecule has 224 valence electrons. The van der Waals surface area contributed by atoms with E-state index in [0.29, 0.717) is 31.1 Å². The second-order valence-corrected chi connectivity index (χ2v) is 11.2. The van der Waals surface area contributed by atoms with E-state index < -0.39 is 11.6 Å². The summed E-state index contributed by atoms with van der Waals surface area (Å²) in [6, 6.07) is 35.8. The van der Waals surface area contributed by atoms with E-state index in [9.17, 15) is 4.79 Å². The fourth-order valence-corrected chi connectivity index (χ4v) is 5.82. The van der Waals surface area contributed by atoms with Gasteiger partial charge in [0, 0.05) is 31.1 Å². The molecule has 7 heteroatoms. The van der Waals surface area contributed by atoms with Gasteiger partial charge in [-0.15, -0.1) is 0 Å². The van der Waals surface area contributed by atoms with Gasteiger partial charge in [-0.3, -0.25) is 10.2 Å². The van der Waals surface area contributed by atoms with Crippen LogP contribution in [0.4, 0.5) is 0 Å². The maximum Gasteiger partial charge on any atom is 0.266 e. The Morgan fingerprint density at radius 2 is 1.57 bits per heavy atom. The summed E-state index contributed by atoms with van der Waals surface area (Å²) >= 11 is 0. The predicted octanol–water partition coefficient (Wildman–Crippen LogP) is 5.60. The summed E-state index contributed by atoms with van der Waals surface area (Å²) < 4.78 is 12.3. The first-order chi connectivity index (χ1) is 21.6. The lowest BCUT2D eigenvalue weighted by molar-refractivity contribution is -0.130. The zero-order valence-electron chi connectivity index (χ0n) is 24.6. The van der Waals surface area contributed by atoms with Crippen LogP contribution in [0, 0.1) is 0 Å². The normalized spacial score (nSPS) is 19.4. The standard InChI is InChI=1S/C37H37N3O4/c41-23-10-24-43-33-20-18-29(19-21-33)35-38-37(22-9-13-27-11-3-1-4-12-27,34(44-35)28-14-5-2-6-15-28)36(42)40-39-32-25-30-16-7-8-17-31(30)26-32/h1-9,11-21,32,34,39,41H,10,22-26H2,(H,40,42)/b13-9+/t34-,37-/m0/s1. The number of nitrogens with zero attached hydrogens (tertiary/aromatic N) is 1. The van der Waals surface area contributed by atoms with Crippen LogP contribution in [0.25, 0.3) is 6.08 Å². The molecule has 3 N–H and O–H groups in total. The number of hydrazine groups is 1. The molecule has 0 bridgehead atoms. The molecule has 6 rings (SSSR count). The monoisotopic (exact) mass is 587 g/mol.